The van der Waals surface area contributed by atoms with Crippen LogP contribution in [0.2, 0.25) is 0 Å². The first-order chi connectivity index (χ1) is 9.90. The average molecular weight is 378 g/mol. The van der Waals surface area contributed by atoms with E-state index in [1.54, 1.807) is 6.07 Å². The highest BCUT2D eigenvalue weighted by Crippen LogP contribution is 2.37. The van der Waals surface area contributed by atoms with Crippen molar-refractivity contribution in [3.8, 4) is 11.5 Å². The van der Waals surface area contributed by atoms with Crippen LogP contribution in [0.25, 0.3) is 0 Å². The van der Waals surface area contributed by atoms with Crippen molar-refractivity contribution in [3.05, 3.63) is 16.6 Å². The summed E-state index contributed by atoms with van der Waals surface area (Å²) < 4.78 is 38.4. The molecule has 1 aromatic rings. The molecule has 1 aromatic carbocycles. The normalized spacial score (nSPS) is 20.3. The number of rotatable bonds is 4. The minimum absolute atomic E-state index is 0.152. The first-order valence-corrected chi connectivity index (χ1v) is 9.05. The Morgan fingerprint density at radius 3 is 2.48 bits per heavy atom. The quantitative estimate of drug-likeness (QED) is 0.809. The lowest BCUT2D eigenvalue weighted by Crippen LogP contribution is -2.39. The van der Waals surface area contributed by atoms with Crippen LogP contribution in [0.5, 0.6) is 11.5 Å². The van der Waals surface area contributed by atoms with E-state index in [4.69, 9.17) is 9.47 Å². The molecule has 7 heteroatoms. The largest absolute Gasteiger partial charge is 0.496 e. The minimum atomic E-state index is -3.58. The number of benzene rings is 1. The third kappa shape index (κ3) is 3.35. The van der Waals surface area contributed by atoms with E-state index in [-0.39, 0.29) is 4.90 Å². The molecule has 1 atom stereocenters. The van der Waals surface area contributed by atoms with Crippen molar-refractivity contribution in [3.63, 3.8) is 0 Å². The number of methoxy groups -OCH3 is 2. The van der Waals surface area contributed by atoms with Gasteiger partial charge in [-0.2, -0.15) is 4.31 Å². The van der Waals surface area contributed by atoms with Gasteiger partial charge in [0.05, 0.1) is 18.7 Å². The second kappa shape index (κ2) is 6.54. The van der Waals surface area contributed by atoms with Crippen molar-refractivity contribution in [2.45, 2.75) is 24.7 Å². The van der Waals surface area contributed by atoms with Crippen LogP contribution >= 0.6 is 15.9 Å². The van der Waals surface area contributed by atoms with Crippen LogP contribution in [0.1, 0.15) is 19.8 Å². The van der Waals surface area contributed by atoms with E-state index in [9.17, 15) is 8.42 Å². The van der Waals surface area contributed by atoms with Gasteiger partial charge in [-0.1, -0.05) is 6.92 Å². The van der Waals surface area contributed by atoms with Crippen LogP contribution in [0.15, 0.2) is 21.5 Å². The molecule has 0 bridgehead atoms. The van der Waals surface area contributed by atoms with Gasteiger partial charge >= 0.3 is 0 Å². The Bertz CT molecular complexity index is 618. The van der Waals surface area contributed by atoms with E-state index < -0.39 is 10.0 Å². The van der Waals surface area contributed by atoms with Crippen LogP contribution in [-0.4, -0.2) is 40.0 Å². The second-order valence-electron chi connectivity index (χ2n) is 5.25. The standard InChI is InChI=1S/C14H20BrNO4S/c1-10-5-4-6-16(9-10)21(17,18)14-8-12(19-2)11(15)7-13(14)20-3/h7-8,10H,4-6,9H2,1-3H3/t10-/m0/s1. The molecule has 21 heavy (non-hydrogen) atoms. The van der Waals surface area contributed by atoms with Gasteiger partial charge in [0.25, 0.3) is 0 Å². The summed E-state index contributed by atoms with van der Waals surface area (Å²) in [6.07, 6.45) is 1.95. The number of piperidine rings is 1. The smallest absolute Gasteiger partial charge is 0.246 e. The van der Waals surface area contributed by atoms with Gasteiger partial charge < -0.3 is 9.47 Å². The molecule has 0 radical (unpaired) electrons. The van der Waals surface area contributed by atoms with Gasteiger partial charge in [0.2, 0.25) is 10.0 Å². The summed E-state index contributed by atoms with van der Waals surface area (Å²) in [7, 11) is -0.609. The number of nitrogens with zero attached hydrogens (tertiary/aromatic N) is 1. The maximum Gasteiger partial charge on any atom is 0.246 e. The third-order valence-electron chi connectivity index (χ3n) is 3.68. The summed E-state index contributed by atoms with van der Waals surface area (Å²) in [6, 6.07) is 3.14. The Labute approximate surface area is 134 Å². The summed E-state index contributed by atoms with van der Waals surface area (Å²) in [5.41, 5.74) is 0. The lowest BCUT2D eigenvalue weighted by molar-refractivity contribution is 0.280. The Balaban J connectivity index is 2.48. The van der Waals surface area contributed by atoms with Gasteiger partial charge in [-0.05, 0) is 40.8 Å². The van der Waals surface area contributed by atoms with E-state index in [0.717, 1.165) is 12.8 Å². The minimum Gasteiger partial charge on any atom is -0.496 e. The molecule has 1 aliphatic rings. The Morgan fingerprint density at radius 2 is 1.90 bits per heavy atom. The lowest BCUT2D eigenvalue weighted by Gasteiger charge is -2.30. The van der Waals surface area contributed by atoms with Crippen LogP contribution < -0.4 is 9.47 Å². The molecule has 1 fully saturated rings. The van der Waals surface area contributed by atoms with Crippen molar-refractivity contribution in [2.75, 3.05) is 27.3 Å². The second-order valence-corrected chi connectivity index (χ2v) is 8.01. The number of hydrogen-bond donors (Lipinski definition) is 0. The molecule has 2 rings (SSSR count). The van der Waals surface area contributed by atoms with Crippen molar-refractivity contribution in [2.24, 2.45) is 5.92 Å². The molecule has 1 aliphatic heterocycles. The molecular weight excluding hydrogens is 358 g/mol. The molecule has 118 valence electrons. The highest BCUT2D eigenvalue weighted by molar-refractivity contribution is 9.10. The molecular formula is C14H20BrNO4S. The fourth-order valence-electron chi connectivity index (χ4n) is 2.54. The number of halogens is 1. The summed E-state index contributed by atoms with van der Waals surface area (Å²) in [6.45, 7) is 3.17. The molecule has 0 saturated carbocycles. The fourth-order valence-corrected chi connectivity index (χ4v) is 4.77. The zero-order valence-corrected chi connectivity index (χ0v) is 14.8. The third-order valence-corrected chi connectivity index (χ3v) is 6.18. The van der Waals surface area contributed by atoms with E-state index in [0.29, 0.717) is 35.0 Å². The highest BCUT2D eigenvalue weighted by atomic mass is 79.9. The van der Waals surface area contributed by atoms with Gasteiger partial charge in [0, 0.05) is 19.2 Å². The molecule has 1 heterocycles. The zero-order chi connectivity index (χ0) is 15.6. The predicted octanol–water partition coefficient (Wildman–Crippen LogP) is 2.89. The Morgan fingerprint density at radius 1 is 1.24 bits per heavy atom. The maximum absolute atomic E-state index is 12.9. The summed E-state index contributed by atoms with van der Waals surface area (Å²) >= 11 is 3.34. The highest BCUT2D eigenvalue weighted by Gasteiger charge is 2.31. The molecule has 0 aromatic heterocycles. The van der Waals surface area contributed by atoms with Crippen molar-refractivity contribution in [1.29, 1.82) is 0 Å². The first-order valence-electron chi connectivity index (χ1n) is 6.81. The van der Waals surface area contributed by atoms with Gasteiger partial charge in [-0.15, -0.1) is 0 Å². The van der Waals surface area contributed by atoms with Gasteiger partial charge in [-0.3, -0.25) is 0 Å². The lowest BCUT2D eigenvalue weighted by atomic mass is 10.0. The SMILES string of the molecule is COc1cc(S(=O)(=O)N2CCC[C@H](C)C2)c(OC)cc1Br. The monoisotopic (exact) mass is 377 g/mol. The van der Waals surface area contributed by atoms with Crippen LogP contribution in [-0.2, 0) is 10.0 Å². The molecule has 0 unspecified atom stereocenters. The van der Waals surface area contributed by atoms with Gasteiger partial charge in [-0.25, -0.2) is 8.42 Å². The van der Waals surface area contributed by atoms with Crippen molar-refractivity contribution >= 4 is 26.0 Å². The topological polar surface area (TPSA) is 55.8 Å². The average Bonchev–Trinajstić information content (AvgIpc) is 2.46. The molecule has 5 nitrogen and oxygen atoms in total. The summed E-state index contributed by atoms with van der Waals surface area (Å²) in [5, 5.41) is 0. The molecule has 0 aliphatic carbocycles. The molecule has 0 N–H and O–H groups in total. The Hall–Kier alpha value is -0.790. The predicted molar refractivity (Wildman–Crippen MR) is 84.4 cm³/mol. The van der Waals surface area contributed by atoms with Crippen LogP contribution in [0.4, 0.5) is 0 Å². The number of ether oxygens (including phenoxy) is 2. The molecule has 0 spiro atoms. The summed E-state index contributed by atoms with van der Waals surface area (Å²) in [4.78, 5) is 0.152. The van der Waals surface area contributed by atoms with Crippen LogP contribution in [0, 0.1) is 5.92 Å². The van der Waals surface area contributed by atoms with E-state index in [1.807, 2.05) is 0 Å². The van der Waals surface area contributed by atoms with E-state index >= 15 is 0 Å². The number of hydrogen-bond acceptors (Lipinski definition) is 4. The number of sulfonamides is 1. The molecule has 0 amide bonds. The molecule has 1 saturated heterocycles. The van der Waals surface area contributed by atoms with Crippen molar-refractivity contribution in [1.82, 2.24) is 4.31 Å². The van der Waals surface area contributed by atoms with Gasteiger partial charge in [0.15, 0.2) is 0 Å². The van der Waals surface area contributed by atoms with Crippen molar-refractivity contribution < 1.29 is 17.9 Å². The first kappa shape index (κ1) is 16.6. The van der Waals surface area contributed by atoms with E-state index in [2.05, 4.69) is 22.9 Å². The maximum atomic E-state index is 12.9. The van der Waals surface area contributed by atoms with E-state index in [1.165, 1.54) is 24.6 Å². The fraction of sp³-hybridized carbons (Fsp3) is 0.571. The van der Waals surface area contributed by atoms with Crippen LogP contribution in [0.3, 0.4) is 0 Å². The summed E-state index contributed by atoms with van der Waals surface area (Å²) in [5.74, 6) is 1.16. The zero-order valence-electron chi connectivity index (χ0n) is 12.4. The van der Waals surface area contributed by atoms with Gasteiger partial charge in [0.1, 0.15) is 16.4 Å². The Kier molecular flexibility index (Phi) is 5.16.